The molecule has 0 saturated carbocycles. The van der Waals surface area contributed by atoms with Gasteiger partial charge in [-0.1, -0.05) is 13.3 Å². The first-order valence-corrected chi connectivity index (χ1v) is 10.2. The van der Waals surface area contributed by atoms with E-state index in [1.807, 2.05) is 10.8 Å². The van der Waals surface area contributed by atoms with Gasteiger partial charge in [-0.25, -0.2) is 28.8 Å². The molecule has 0 aliphatic carbocycles. The van der Waals surface area contributed by atoms with Crippen molar-refractivity contribution in [3.05, 3.63) is 59.9 Å². The van der Waals surface area contributed by atoms with Crippen LogP contribution in [0.1, 0.15) is 49.4 Å². The van der Waals surface area contributed by atoms with Crippen LogP contribution in [-0.4, -0.2) is 40.7 Å². The lowest BCUT2D eigenvalue weighted by Gasteiger charge is -2.12. The molecule has 1 aliphatic rings. The lowest BCUT2D eigenvalue weighted by Crippen LogP contribution is -2.10. The third-order valence-corrected chi connectivity index (χ3v) is 5.31. The molecule has 1 unspecified atom stereocenters. The highest BCUT2D eigenvalue weighted by Crippen LogP contribution is 2.28. The first-order valence-electron chi connectivity index (χ1n) is 10.2. The van der Waals surface area contributed by atoms with E-state index in [1.165, 1.54) is 6.07 Å². The van der Waals surface area contributed by atoms with E-state index in [4.69, 9.17) is 9.72 Å². The highest BCUT2D eigenvalue weighted by molar-refractivity contribution is 5.52. The number of ether oxygens (including phenoxy) is 1. The summed E-state index contributed by atoms with van der Waals surface area (Å²) in [6.07, 6.45) is 10.4. The van der Waals surface area contributed by atoms with Crippen molar-refractivity contribution in [1.82, 2.24) is 34.1 Å². The zero-order chi connectivity index (χ0) is 20.5. The predicted octanol–water partition coefficient (Wildman–Crippen LogP) is 3.37. The summed E-state index contributed by atoms with van der Waals surface area (Å²) < 4.78 is 23.6. The van der Waals surface area contributed by atoms with Crippen LogP contribution < -0.4 is 0 Å². The Morgan fingerprint density at radius 1 is 1.23 bits per heavy atom. The Hall–Kier alpha value is -3.20. The lowest BCUT2D eigenvalue weighted by molar-refractivity contribution is 0.105. The molecule has 0 amide bonds. The van der Waals surface area contributed by atoms with Gasteiger partial charge < -0.3 is 9.30 Å². The van der Waals surface area contributed by atoms with Crippen molar-refractivity contribution < 1.29 is 9.13 Å². The second-order valence-corrected chi connectivity index (χ2v) is 7.37. The van der Waals surface area contributed by atoms with Crippen molar-refractivity contribution in [3.63, 3.8) is 0 Å². The Bertz CT molecular complexity index is 1180. The normalized spacial score (nSPS) is 16.5. The highest BCUT2D eigenvalue weighted by atomic mass is 19.1. The number of pyridine rings is 1. The molecule has 1 saturated heterocycles. The average Bonchev–Trinajstić information content (AvgIpc) is 3.50. The summed E-state index contributed by atoms with van der Waals surface area (Å²) >= 11 is 0. The average molecular weight is 407 g/mol. The monoisotopic (exact) mass is 407 g/mol. The van der Waals surface area contributed by atoms with Gasteiger partial charge in [0.05, 0.1) is 12.2 Å². The number of halogens is 1. The van der Waals surface area contributed by atoms with Gasteiger partial charge in [0.25, 0.3) is 0 Å². The Kier molecular flexibility index (Phi) is 4.96. The van der Waals surface area contributed by atoms with Gasteiger partial charge in [0.15, 0.2) is 23.1 Å². The Morgan fingerprint density at radius 2 is 2.17 bits per heavy atom. The van der Waals surface area contributed by atoms with Gasteiger partial charge in [-0.3, -0.25) is 0 Å². The van der Waals surface area contributed by atoms with Gasteiger partial charge in [0, 0.05) is 30.8 Å². The van der Waals surface area contributed by atoms with Crippen LogP contribution in [0.25, 0.3) is 17.2 Å². The number of aryl methyl sites for hydroxylation is 1. The van der Waals surface area contributed by atoms with E-state index in [0.717, 1.165) is 49.2 Å². The molecule has 154 valence electrons. The number of fused-ring (bicyclic) bond motifs is 1. The number of hydrogen-bond acceptors (Lipinski definition) is 6. The summed E-state index contributed by atoms with van der Waals surface area (Å²) in [7, 11) is 0. The molecule has 0 spiro atoms. The van der Waals surface area contributed by atoms with E-state index in [1.54, 1.807) is 29.3 Å². The first-order chi connectivity index (χ1) is 14.7. The number of rotatable bonds is 6. The second kappa shape index (κ2) is 7.91. The smallest absolute Gasteiger partial charge is 0.180 e. The third kappa shape index (κ3) is 3.35. The molecule has 5 rings (SSSR count). The molecule has 8 nitrogen and oxygen atoms in total. The molecule has 0 N–H and O–H groups in total. The quantitative estimate of drug-likeness (QED) is 0.487. The van der Waals surface area contributed by atoms with E-state index in [2.05, 4.69) is 27.0 Å². The molecule has 0 aromatic carbocycles. The van der Waals surface area contributed by atoms with Crippen molar-refractivity contribution in [3.8, 4) is 11.5 Å². The van der Waals surface area contributed by atoms with Crippen LogP contribution in [0.5, 0.6) is 0 Å². The zero-order valence-corrected chi connectivity index (χ0v) is 16.7. The summed E-state index contributed by atoms with van der Waals surface area (Å²) in [5.74, 6) is 0.780. The fourth-order valence-corrected chi connectivity index (χ4v) is 3.88. The summed E-state index contributed by atoms with van der Waals surface area (Å²) in [4.78, 5) is 17.9. The highest BCUT2D eigenvalue weighted by Gasteiger charge is 2.24. The van der Waals surface area contributed by atoms with Crippen molar-refractivity contribution >= 4 is 5.65 Å². The molecule has 30 heavy (non-hydrogen) atoms. The van der Waals surface area contributed by atoms with Crippen LogP contribution in [0.15, 0.2) is 37.1 Å². The van der Waals surface area contributed by atoms with Crippen molar-refractivity contribution in [2.24, 2.45) is 0 Å². The van der Waals surface area contributed by atoms with Crippen LogP contribution in [-0.2, 0) is 17.7 Å². The molecule has 4 aromatic rings. The molecule has 9 heteroatoms. The van der Waals surface area contributed by atoms with Crippen LogP contribution in [0.4, 0.5) is 4.39 Å². The Balaban J connectivity index is 1.54. The number of hydrogen-bond donors (Lipinski definition) is 0. The standard InChI is InChI=1S/C21H22FN7O/c1-2-5-14-16(12-28-10-9-24-21(28)18-15(22)6-3-8-23-18)25-13-29-20(14)26-19(27-29)17-7-4-11-30-17/h3,6,8-10,13,17H,2,4-5,7,11-12H2,1H3. The summed E-state index contributed by atoms with van der Waals surface area (Å²) in [6.45, 7) is 3.31. The van der Waals surface area contributed by atoms with Crippen molar-refractivity contribution in [2.75, 3.05) is 6.61 Å². The Labute approximate surface area is 172 Å². The van der Waals surface area contributed by atoms with Crippen molar-refractivity contribution in [1.29, 1.82) is 0 Å². The Morgan fingerprint density at radius 3 is 2.97 bits per heavy atom. The topological polar surface area (TPSA) is 83.0 Å². The number of nitrogens with zero attached hydrogens (tertiary/aromatic N) is 7. The van der Waals surface area contributed by atoms with E-state index in [-0.39, 0.29) is 11.8 Å². The summed E-state index contributed by atoms with van der Waals surface area (Å²) in [5.41, 5.74) is 2.94. The maximum atomic E-state index is 14.3. The third-order valence-electron chi connectivity index (χ3n) is 5.31. The summed E-state index contributed by atoms with van der Waals surface area (Å²) in [5, 5.41) is 4.59. The number of aromatic nitrogens is 7. The molecule has 1 atom stereocenters. The molecule has 0 bridgehead atoms. The van der Waals surface area contributed by atoms with Gasteiger partial charge >= 0.3 is 0 Å². The molecule has 0 radical (unpaired) electrons. The van der Waals surface area contributed by atoms with Gasteiger partial charge in [-0.05, 0) is 31.4 Å². The van der Waals surface area contributed by atoms with Crippen LogP contribution in [0.2, 0.25) is 0 Å². The molecular formula is C21H22FN7O. The molecular weight excluding hydrogens is 385 g/mol. The molecule has 1 fully saturated rings. The minimum Gasteiger partial charge on any atom is -0.370 e. The van der Waals surface area contributed by atoms with E-state index >= 15 is 0 Å². The van der Waals surface area contributed by atoms with Crippen LogP contribution >= 0.6 is 0 Å². The molecule has 1 aliphatic heterocycles. The van der Waals surface area contributed by atoms with Gasteiger partial charge in [0.2, 0.25) is 0 Å². The van der Waals surface area contributed by atoms with Crippen LogP contribution in [0.3, 0.4) is 0 Å². The molecule has 4 aromatic heterocycles. The fourth-order valence-electron chi connectivity index (χ4n) is 3.88. The van der Waals surface area contributed by atoms with Crippen molar-refractivity contribution in [2.45, 2.75) is 45.3 Å². The molecule has 5 heterocycles. The predicted molar refractivity (Wildman–Crippen MR) is 107 cm³/mol. The minimum atomic E-state index is -0.402. The minimum absolute atomic E-state index is 0.0461. The second-order valence-electron chi connectivity index (χ2n) is 7.37. The van der Waals surface area contributed by atoms with Crippen LogP contribution in [0, 0.1) is 5.82 Å². The summed E-state index contributed by atoms with van der Waals surface area (Å²) in [6, 6.07) is 2.95. The van der Waals surface area contributed by atoms with E-state index in [0.29, 0.717) is 18.2 Å². The zero-order valence-electron chi connectivity index (χ0n) is 16.7. The largest absolute Gasteiger partial charge is 0.370 e. The van der Waals surface area contributed by atoms with E-state index < -0.39 is 5.82 Å². The maximum Gasteiger partial charge on any atom is 0.180 e. The van der Waals surface area contributed by atoms with Gasteiger partial charge in [0.1, 0.15) is 18.1 Å². The first kappa shape index (κ1) is 18.8. The SMILES string of the molecule is CCCc1c(Cn2ccnc2-c2ncccc2F)ncn2nc(C3CCCO3)nc12. The number of imidazole rings is 1. The lowest BCUT2D eigenvalue weighted by atomic mass is 10.1. The van der Waals surface area contributed by atoms with Gasteiger partial charge in [-0.15, -0.1) is 5.10 Å². The fraction of sp³-hybridized carbons (Fsp3) is 0.381. The van der Waals surface area contributed by atoms with E-state index in [9.17, 15) is 4.39 Å². The van der Waals surface area contributed by atoms with Gasteiger partial charge in [-0.2, -0.15) is 0 Å². The maximum absolute atomic E-state index is 14.3.